The van der Waals surface area contributed by atoms with Crippen molar-refractivity contribution in [2.24, 2.45) is 5.92 Å². The maximum atomic E-state index is 12.2. The van der Waals surface area contributed by atoms with Gasteiger partial charge in [-0.25, -0.2) is 0 Å². The molecular formula is C17H24N2O3. The Hall–Kier alpha value is -1.88. The molecule has 1 heterocycles. The number of hydrogen-bond acceptors (Lipinski definition) is 3. The predicted octanol–water partition coefficient (Wildman–Crippen LogP) is -0.405. The van der Waals surface area contributed by atoms with E-state index in [4.69, 9.17) is 0 Å². The van der Waals surface area contributed by atoms with Crippen LogP contribution in [0.3, 0.4) is 0 Å². The maximum Gasteiger partial charge on any atom is 0.279 e. The van der Waals surface area contributed by atoms with Crippen molar-refractivity contribution in [1.82, 2.24) is 0 Å². The second-order valence-electron chi connectivity index (χ2n) is 6.34. The van der Waals surface area contributed by atoms with E-state index in [1.54, 1.807) is 0 Å². The highest BCUT2D eigenvalue weighted by Gasteiger charge is 2.24. The molecule has 2 rings (SSSR count). The van der Waals surface area contributed by atoms with Gasteiger partial charge in [0.2, 0.25) is 0 Å². The Morgan fingerprint density at radius 1 is 1.18 bits per heavy atom. The second-order valence-corrected chi connectivity index (χ2v) is 6.34. The average Bonchev–Trinajstić information content (AvgIpc) is 2.43. The Bertz CT molecular complexity index is 552. The Labute approximate surface area is 131 Å². The molecule has 5 heteroatoms. The number of rotatable bonds is 4. The fourth-order valence-electron chi connectivity index (χ4n) is 3.23. The van der Waals surface area contributed by atoms with E-state index >= 15 is 0 Å². The van der Waals surface area contributed by atoms with Crippen LogP contribution in [0.2, 0.25) is 0 Å². The van der Waals surface area contributed by atoms with Gasteiger partial charge in [-0.3, -0.25) is 4.79 Å². The van der Waals surface area contributed by atoms with Crippen molar-refractivity contribution in [3.05, 3.63) is 28.8 Å². The molecule has 1 aliphatic rings. The van der Waals surface area contributed by atoms with Crippen LogP contribution in [0, 0.1) is 26.7 Å². The highest BCUT2D eigenvalue weighted by molar-refractivity contribution is 5.93. The summed E-state index contributed by atoms with van der Waals surface area (Å²) >= 11 is 0. The summed E-state index contributed by atoms with van der Waals surface area (Å²) in [5.41, 5.74) is 4.20. The van der Waals surface area contributed by atoms with Crippen LogP contribution >= 0.6 is 0 Å². The van der Waals surface area contributed by atoms with E-state index in [9.17, 15) is 14.7 Å². The second kappa shape index (κ2) is 6.92. The number of hydrogen-bond donors (Lipinski definition) is 2. The van der Waals surface area contributed by atoms with Gasteiger partial charge in [0.25, 0.3) is 5.91 Å². The lowest BCUT2D eigenvalue weighted by atomic mass is 9.97. The summed E-state index contributed by atoms with van der Waals surface area (Å²) in [7, 11) is 0. The first kappa shape index (κ1) is 16.5. The quantitative estimate of drug-likeness (QED) is 0.794. The van der Waals surface area contributed by atoms with Crippen molar-refractivity contribution in [3.63, 3.8) is 0 Å². The number of carboxylic acids is 1. The molecular weight excluding hydrogens is 280 g/mol. The van der Waals surface area contributed by atoms with Crippen LogP contribution < -0.4 is 15.3 Å². The molecule has 0 atom stereocenters. The zero-order chi connectivity index (χ0) is 16.3. The third-order valence-corrected chi connectivity index (χ3v) is 4.38. The highest BCUT2D eigenvalue weighted by Crippen LogP contribution is 2.21. The summed E-state index contributed by atoms with van der Waals surface area (Å²) in [6.07, 6.45) is 1.18. The van der Waals surface area contributed by atoms with E-state index in [1.807, 2.05) is 20.8 Å². The van der Waals surface area contributed by atoms with Gasteiger partial charge in [-0.1, -0.05) is 17.7 Å². The largest absolute Gasteiger partial charge is 0.550 e. The number of aryl methyl sites for hydroxylation is 3. The van der Waals surface area contributed by atoms with Gasteiger partial charge in [0.05, 0.1) is 13.1 Å². The number of carboxylic acid groups (broad SMARTS) is 1. The molecule has 0 unspecified atom stereocenters. The van der Waals surface area contributed by atoms with Gasteiger partial charge in [0.15, 0.2) is 6.54 Å². The van der Waals surface area contributed by atoms with Crippen molar-refractivity contribution < 1.29 is 19.6 Å². The Balaban J connectivity index is 1.90. The first-order valence-corrected chi connectivity index (χ1v) is 7.79. The Morgan fingerprint density at radius 3 is 2.23 bits per heavy atom. The summed E-state index contributed by atoms with van der Waals surface area (Å²) in [5, 5.41) is 13.8. The van der Waals surface area contributed by atoms with Crippen molar-refractivity contribution in [2.75, 3.05) is 25.0 Å². The minimum atomic E-state index is -0.964. The summed E-state index contributed by atoms with van der Waals surface area (Å²) in [6, 6.07) is 4.11. The lowest BCUT2D eigenvalue weighted by Crippen LogP contribution is -3.14. The molecule has 22 heavy (non-hydrogen) atoms. The standard InChI is InChI=1S/C17H24N2O3/c1-11-8-12(2)16(13(3)9-11)18-15(20)10-19-6-4-14(5-7-19)17(21)22/h8-9,14H,4-7,10H2,1-3H3,(H,18,20)(H,21,22). The SMILES string of the molecule is Cc1cc(C)c(NC(=O)C[NH+]2CCC(C(=O)[O-])CC2)c(C)c1. The summed E-state index contributed by atoms with van der Waals surface area (Å²) in [5.74, 6) is -1.33. The van der Waals surface area contributed by atoms with Crippen LogP contribution in [-0.2, 0) is 9.59 Å². The fraction of sp³-hybridized carbons (Fsp3) is 0.529. The third-order valence-electron chi connectivity index (χ3n) is 4.38. The molecule has 1 aromatic rings. The molecule has 0 spiro atoms. The smallest absolute Gasteiger partial charge is 0.279 e. The van der Waals surface area contributed by atoms with Gasteiger partial charge in [0.1, 0.15) is 0 Å². The van der Waals surface area contributed by atoms with Crippen LogP contribution in [0.25, 0.3) is 0 Å². The number of quaternary nitrogens is 1. The van der Waals surface area contributed by atoms with Crippen LogP contribution in [0.5, 0.6) is 0 Å². The van der Waals surface area contributed by atoms with E-state index in [0.29, 0.717) is 32.5 Å². The maximum absolute atomic E-state index is 12.2. The summed E-state index contributed by atoms with van der Waals surface area (Å²) in [4.78, 5) is 24.2. The molecule has 0 aromatic heterocycles. The van der Waals surface area contributed by atoms with Crippen LogP contribution in [0.4, 0.5) is 5.69 Å². The minimum Gasteiger partial charge on any atom is -0.550 e. The fourth-order valence-corrected chi connectivity index (χ4v) is 3.23. The van der Waals surface area contributed by atoms with E-state index in [0.717, 1.165) is 21.7 Å². The van der Waals surface area contributed by atoms with Crippen molar-refractivity contribution >= 4 is 17.6 Å². The van der Waals surface area contributed by atoms with Crippen LogP contribution in [-0.4, -0.2) is 31.5 Å². The molecule has 0 saturated carbocycles. The van der Waals surface area contributed by atoms with Crippen molar-refractivity contribution in [2.45, 2.75) is 33.6 Å². The van der Waals surface area contributed by atoms with Crippen LogP contribution in [0.15, 0.2) is 12.1 Å². The van der Waals surface area contributed by atoms with E-state index < -0.39 is 5.97 Å². The number of amides is 1. The number of carbonyl (C=O) groups excluding carboxylic acids is 2. The van der Waals surface area contributed by atoms with E-state index in [1.165, 1.54) is 5.56 Å². The number of piperidine rings is 1. The lowest BCUT2D eigenvalue weighted by Gasteiger charge is -2.29. The molecule has 0 aliphatic carbocycles. The molecule has 0 radical (unpaired) electrons. The van der Waals surface area contributed by atoms with Gasteiger partial charge < -0.3 is 20.1 Å². The highest BCUT2D eigenvalue weighted by atomic mass is 16.4. The van der Waals surface area contributed by atoms with E-state index in [-0.39, 0.29) is 11.8 Å². The molecule has 1 fully saturated rings. The molecule has 2 N–H and O–H groups in total. The van der Waals surface area contributed by atoms with Gasteiger partial charge >= 0.3 is 0 Å². The molecule has 1 aromatic carbocycles. The van der Waals surface area contributed by atoms with Gasteiger partial charge in [-0.2, -0.15) is 0 Å². The zero-order valence-electron chi connectivity index (χ0n) is 13.5. The first-order chi connectivity index (χ1) is 10.4. The molecule has 0 bridgehead atoms. The normalized spacial score (nSPS) is 21.4. The van der Waals surface area contributed by atoms with Crippen molar-refractivity contribution in [3.8, 4) is 0 Å². The zero-order valence-corrected chi connectivity index (χ0v) is 13.5. The van der Waals surface area contributed by atoms with Gasteiger partial charge in [0, 0.05) is 30.4 Å². The number of anilines is 1. The van der Waals surface area contributed by atoms with Gasteiger partial charge in [-0.15, -0.1) is 0 Å². The van der Waals surface area contributed by atoms with Crippen LogP contribution in [0.1, 0.15) is 29.5 Å². The Morgan fingerprint density at radius 2 is 1.73 bits per heavy atom. The monoisotopic (exact) mass is 304 g/mol. The Kier molecular flexibility index (Phi) is 5.19. The molecule has 1 saturated heterocycles. The minimum absolute atomic E-state index is 0.0167. The number of aliphatic carboxylic acids is 1. The average molecular weight is 304 g/mol. The van der Waals surface area contributed by atoms with Crippen molar-refractivity contribution in [1.29, 1.82) is 0 Å². The topological polar surface area (TPSA) is 73.7 Å². The van der Waals surface area contributed by atoms with Gasteiger partial charge in [-0.05, 0) is 31.9 Å². The molecule has 5 nitrogen and oxygen atoms in total. The number of likely N-dealkylation sites (tertiary alicyclic amines) is 1. The lowest BCUT2D eigenvalue weighted by molar-refractivity contribution is -0.897. The summed E-state index contributed by atoms with van der Waals surface area (Å²) in [6.45, 7) is 7.82. The molecule has 1 aliphatic heterocycles. The van der Waals surface area contributed by atoms with E-state index in [2.05, 4.69) is 17.4 Å². The number of nitrogens with one attached hydrogen (secondary N) is 2. The number of benzene rings is 1. The predicted molar refractivity (Wildman–Crippen MR) is 82.6 cm³/mol. The first-order valence-electron chi connectivity index (χ1n) is 7.79. The molecule has 120 valence electrons. The summed E-state index contributed by atoms with van der Waals surface area (Å²) < 4.78 is 0. The number of carbonyl (C=O) groups is 2. The molecule has 1 amide bonds. The third kappa shape index (κ3) is 4.07.